The number of nitrogens with zero attached hydrogens (tertiary/aromatic N) is 4. The lowest BCUT2D eigenvalue weighted by Crippen LogP contribution is -2.39. The molecule has 2 aromatic rings. The fourth-order valence-corrected chi connectivity index (χ4v) is 3.18. The fourth-order valence-electron chi connectivity index (χ4n) is 3.18. The summed E-state index contributed by atoms with van der Waals surface area (Å²) in [6, 6.07) is 10.0. The summed E-state index contributed by atoms with van der Waals surface area (Å²) in [5.41, 5.74) is 3.01. The van der Waals surface area contributed by atoms with E-state index in [1.54, 1.807) is 0 Å². The van der Waals surface area contributed by atoms with Crippen LogP contribution in [0.4, 0.5) is 0 Å². The molecule has 24 heavy (non-hydrogen) atoms. The van der Waals surface area contributed by atoms with Gasteiger partial charge in [-0.1, -0.05) is 23.4 Å². The maximum atomic E-state index is 12.0. The molecule has 6 heteroatoms. The molecule has 1 aromatic carbocycles. The number of piperidine rings is 1. The molecule has 1 atom stereocenters. The molecule has 1 aliphatic heterocycles. The molecule has 0 radical (unpaired) electrons. The molecule has 128 valence electrons. The molecule has 0 unspecified atom stereocenters. The van der Waals surface area contributed by atoms with Crippen LogP contribution in [-0.4, -0.2) is 45.6 Å². The standard InChI is InChI=1S/C18H24N4O2/c1-3-24-18(23)15-8-7-11-21(12-15)13-17-14(2)22(20-19-17)16-9-5-4-6-10-16/h4-6,9-10,15H,3,7-8,11-13H2,1-2H3/t15-/m0/s1. The smallest absolute Gasteiger partial charge is 0.310 e. The Morgan fingerprint density at radius 1 is 1.33 bits per heavy atom. The van der Waals surface area contributed by atoms with Gasteiger partial charge in [-0.05, 0) is 45.4 Å². The molecule has 1 saturated heterocycles. The SMILES string of the molecule is CCOC(=O)[C@H]1CCCN(Cc2nnn(-c3ccccc3)c2C)C1. The van der Waals surface area contributed by atoms with Gasteiger partial charge in [-0.3, -0.25) is 9.69 Å². The van der Waals surface area contributed by atoms with E-state index in [0.29, 0.717) is 13.2 Å². The van der Waals surface area contributed by atoms with Crippen LogP contribution in [0.15, 0.2) is 30.3 Å². The Morgan fingerprint density at radius 2 is 2.12 bits per heavy atom. The summed E-state index contributed by atoms with van der Waals surface area (Å²) in [6.45, 7) is 6.76. The number of carbonyl (C=O) groups is 1. The van der Waals surface area contributed by atoms with E-state index >= 15 is 0 Å². The second-order valence-corrected chi connectivity index (χ2v) is 6.20. The quantitative estimate of drug-likeness (QED) is 0.789. The van der Waals surface area contributed by atoms with Crippen LogP contribution in [0.2, 0.25) is 0 Å². The number of benzene rings is 1. The summed E-state index contributed by atoms with van der Waals surface area (Å²) in [5.74, 6) is -0.102. The van der Waals surface area contributed by atoms with Crippen molar-refractivity contribution in [1.29, 1.82) is 0 Å². The molecule has 0 aliphatic carbocycles. The zero-order valence-electron chi connectivity index (χ0n) is 14.3. The van der Waals surface area contributed by atoms with Crippen molar-refractivity contribution in [2.24, 2.45) is 5.92 Å². The highest BCUT2D eigenvalue weighted by molar-refractivity contribution is 5.72. The lowest BCUT2D eigenvalue weighted by Gasteiger charge is -2.30. The number of hydrogen-bond acceptors (Lipinski definition) is 5. The third-order valence-electron chi connectivity index (χ3n) is 4.49. The van der Waals surface area contributed by atoms with Gasteiger partial charge in [0.25, 0.3) is 0 Å². The van der Waals surface area contributed by atoms with Gasteiger partial charge in [-0.2, -0.15) is 0 Å². The van der Waals surface area contributed by atoms with Crippen molar-refractivity contribution in [2.45, 2.75) is 33.2 Å². The van der Waals surface area contributed by atoms with Gasteiger partial charge in [0.2, 0.25) is 0 Å². The molecule has 0 amide bonds. The lowest BCUT2D eigenvalue weighted by molar-refractivity contribution is -0.150. The summed E-state index contributed by atoms with van der Waals surface area (Å²) in [5, 5.41) is 8.63. The number of esters is 1. The van der Waals surface area contributed by atoms with Gasteiger partial charge in [-0.15, -0.1) is 5.10 Å². The highest BCUT2D eigenvalue weighted by Gasteiger charge is 2.27. The summed E-state index contributed by atoms with van der Waals surface area (Å²) in [4.78, 5) is 14.2. The molecule has 6 nitrogen and oxygen atoms in total. The first-order valence-electron chi connectivity index (χ1n) is 8.54. The van der Waals surface area contributed by atoms with E-state index in [0.717, 1.165) is 43.0 Å². The number of para-hydroxylation sites is 1. The van der Waals surface area contributed by atoms with Crippen molar-refractivity contribution >= 4 is 5.97 Å². The van der Waals surface area contributed by atoms with Gasteiger partial charge < -0.3 is 4.74 Å². The Morgan fingerprint density at radius 3 is 2.88 bits per heavy atom. The molecular formula is C18H24N4O2. The van der Waals surface area contributed by atoms with E-state index in [2.05, 4.69) is 15.2 Å². The second kappa shape index (κ2) is 7.57. The maximum absolute atomic E-state index is 12.0. The third-order valence-corrected chi connectivity index (χ3v) is 4.49. The minimum absolute atomic E-state index is 0.0248. The number of rotatable bonds is 5. The van der Waals surface area contributed by atoms with Crippen molar-refractivity contribution in [2.75, 3.05) is 19.7 Å². The van der Waals surface area contributed by atoms with Gasteiger partial charge in [-0.25, -0.2) is 4.68 Å². The van der Waals surface area contributed by atoms with Crippen LogP contribution in [0, 0.1) is 12.8 Å². The van der Waals surface area contributed by atoms with Crippen molar-refractivity contribution < 1.29 is 9.53 Å². The van der Waals surface area contributed by atoms with E-state index in [-0.39, 0.29) is 11.9 Å². The molecule has 0 bridgehead atoms. The summed E-state index contributed by atoms with van der Waals surface area (Å²) in [6.07, 6.45) is 1.92. The first-order chi connectivity index (χ1) is 11.7. The molecule has 0 N–H and O–H groups in total. The summed E-state index contributed by atoms with van der Waals surface area (Å²) >= 11 is 0. The number of likely N-dealkylation sites (tertiary alicyclic amines) is 1. The topological polar surface area (TPSA) is 60.2 Å². The van der Waals surface area contributed by atoms with Crippen LogP contribution >= 0.6 is 0 Å². The van der Waals surface area contributed by atoms with Crippen molar-refractivity contribution in [3.63, 3.8) is 0 Å². The van der Waals surface area contributed by atoms with Crippen molar-refractivity contribution in [1.82, 2.24) is 19.9 Å². The Bertz CT molecular complexity index is 684. The number of carbonyl (C=O) groups excluding carboxylic acids is 1. The minimum Gasteiger partial charge on any atom is -0.466 e. The molecule has 0 spiro atoms. The average Bonchev–Trinajstić information content (AvgIpc) is 2.97. The van der Waals surface area contributed by atoms with E-state index in [9.17, 15) is 4.79 Å². The fraction of sp³-hybridized carbons (Fsp3) is 0.500. The monoisotopic (exact) mass is 328 g/mol. The van der Waals surface area contributed by atoms with E-state index in [1.807, 2.05) is 48.9 Å². The number of aromatic nitrogens is 3. The third kappa shape index (κ3) is 3.64. The Balaban J connectivity index is 1.68. The molecule has 1 aliphatic rings. The number of hydrogen-bond donors (Lipinski definition) is 0. The highest BCUT2D eigenvalue weighted by atomic mass is 16.5. The van der Waals surface area contributed by atoms with Crippen molar-refractivity contribution in [3.05, 3.63) is 41.7 Å². The zero-order valence-corrected chi connectivity index (χ0v) is 14.3. The summed E-state index contributed by atoms with van der Waals surface area (Å²) in [7, 11) is 0. The number of ether oxygens (including phenoxy) is 1. The van der Waals surface area contributed by atoms with Gasteiger partial charge in [0.05, 0.1) is 23.9 Å². The van der Waals surface area contributed by atoms with E-state index < -0.39 is 0 Å². The molecular weight excluding hydrogens is 304 g/mol. The molecule has 1 fully saturated rings. The maximum Gasteiger partial charge on any atom is 0.310 e. The molecule has 1 aromatic heterocycles. The van der Waals surface area contributed by atoms with Crippen LogP contribution < -0.4 is 0 Å². The van der Waals surface area contributed by atoms with E-state index in [4.69, 9.17) is 4.74 Å². The predicted molar refractivity (Wildman–Crippen MR) is 90.7 cm³/mol. The van der Waals surface area contributed by atoms with Gasteiger partial charge in [0, 0.05) is 13.1 Å². The van der Waals surface area contributed by atoms with E-state index in [1.165, 1.54) is 0 Å². The lowest BCUT2D eigenvalue weighted by atomic mass is 9.98. The predicted octanol–water partition coefficient (Wildman–Crippen LogP) is 2.35. The zero-order chi connectivity index (χ0) is 16.9. The Hall–Kier alpha value is -2.21. The average molecular weight is 328 g/mol. The summed E-state index contributed by atoms with van der Waals surface area (Å²) < 4.78 is 7.03. The van der Waals surface area contributed by atoms with Crippen molar-refractivity contribution in [3.8, 4) is 5.69 Å². The van der Waals surface area contributed by atoms with Crippen LogP contribution in [0.1, 0.15) is 31.2 Å². The molecule has 3 rings (SSSR count). The van der Waals surface area contributed by atoms with Crippen LogP contribution in [0.25, 0.3) is 5.69 Å². The Labute approximate surface area is 142 Å². The minimum atomic E-state index is -0.0770. The first kappa shape index (κ1) is 16.6. The second-order valence-electron chi connectivity index (χ2n) is 6.20. The van der Waals surface area contributed by atoms with Gasteiger partial charge in [0.15, 0.2) is 0 Å². The van der Waals surface area contributed by atoms with Gasteiger partial charge in [0.1, 0.15) is 5.69 Å². The first-order valence-corrected chi connectivity index (χ1v) is 8.54. The Kier molecular flexibility index (Phi) is 5.25. The van der Waals surface area contributed by atoms with Gasteiger partial charge >= 0.3 is 5.97 Å². The van der Waals surface area contributed by atoms with Crippen LogP contribution in [-0.2, 0) is 16.1 Å². The van der Waals surface area contributed by atoms with Crippen LogP contribution in [0.3, 0.4) is 0 Å². The largest absolute Gasteiger partial charge is 0.466 e. The molecule has 2 heterocycles. The molecule has 0 saturated carbocycles. The highest BCUT2D eigenvalue weighted by Crippen LogP contribution is 2.21. The normalized spacial score (nSPS) is 18.5. The van der Waals surface area contributed by atoms with Crippen LogP contribution in [0.5, 0.6) is 0 Å².